The molecule has 23 heavy (non-hydrogen) atoms. The van der Waals surface area contributed by atoms with Crippen molar-refractivity contribution >= 4 is 22.6 Å². The van der Waals surface area contributed by atoms with Crippen molar-refractivity contribution in [2.75, 3.05) is 5.32 Å². The molecule has 0 saturated carbocycles. The van der Waals surface area contributed by atoms with Crippen LogP contribution in [0.25, 0.3) is 11.0 Å². The largest absolute Gasteiger partial charge is 0.324 e. The second kappa shape index (κ2) is 6.04. The standard InChI is InChI=1S/C18H17N3O2/c1-12-7-8-13(2)15(9-12)20-17(22)11-21-16-6-4-3-5-14(16)19-10-18(21)23/h3-10H,11H2,1-2H3,(H,20,22). The monoisotopic (exact) mass is 307 g/mol. The van der Waals surface area contributed by atoms with Crippen molar-refractivity contribution in [2.24, 2.45) is 0 Å². The fourth-order valence-corrected chi connectivity index (χ4v) is 2.48. The van der Waals surface area contributed by atoms with Crippen molar-refractivity contribution in [1.82, 2.24) is 9.55 Å². The van der Waals surface area contributed by atoms with Gasteiger partial charge in [0.15, 0.2) is 0 Å². The van der Waals surface area contributed by atoms with Gasteiger partial charge in [-0.15, -0.1) is 0 Å². The first-order chi connectivity index (χ1) is 11.0. The van der Waals surface area contributed by atoms with E-state index in [1.165, 1.54) is 10.8 Å². The Labute approximate surface area is 133 Å². The first kappa shape index (κ1) is 15.0. The van der Waals surface area contributed by atoms with Crippen LogP contribution in [-0.2, 0) is 11.3 Å². The van der Waals surface area contributed by atoms with E-state index in [4.69, 9.17) is 0 Å². The lowest BCUT2D eigenvalue weighted by Gasteiger charge is -2.12. The average molecular weight is 307 g/mol. The summed E-state index contributed by atoms with van der Waals surface area (Å²) >= 11 is 0. The van der Waals surface area contributed by atoms with Crippen molar-refractivity contribution in [1.29, 1.82) is 0 Å². The molecule has 0 aliphatic carbocycles. The van der Waals surface area contributed by atoms with Gasteiger partial charge in [-0.3, -0.25) is 14.2 Å². The number of aromatic nitrogens is 2. The number of benzene rings is 2. The van der Waals surface area contributed by atoms with Crippen molar-refractivity contribution in [3.05, 3.63) is 70.1 Å². The highest BCUT2D eigenvalue weighted by atomic mass is 16.2. The number of nitrogens with zero attached hydrogens (tertiary/aromatic N) is 2. The molecule has 0 fully saturated rings. The first-order valence-electron chi connectivity index (χ1n) is 7.36. The lowest BCUT2D eigenvalue weighted by molar-refractivity contribution is -0.116. The van der Waals surface area contributed by atoms with Gasteiger partial charge < -0.3 is 5.32 Å². The van der Waals surface area contributed by atoms with Crippen LogP contribution in [0.1, 0.15) is 11.1 Å². The Hall–Kier alpha value is -2.95. The number of hydrogen-bond acceptors (Lipinski definition) is 3. The summed E-state index contributed by atoms with van der Waals surface area (Å²) in [7, 11) is 0. The molecule has 5 heteroatoms. The molecule has 3 rings (SSSR count). The smallest absolute Gasteiger partial charge is 0.269 e. The van der Waals surface area contributed by atoms with E-state index < -0.39 is 0 Å². The summed E-state index contributed by atoms with van der Waals surface area (Å²) in [6.07, 6.45) is 1.24. The molecule has 0 radical (unpaired) electrons. The molecule has 0 aliphatic rings. The lowest BCUT2D eigenvalue weighted by atomic mass is 10.1. The van der Waals surface area contributed by atoms with Crippen LogP contribution in [-0.4, -0.2) is 15.5 Å². The second-order valence-electron chi connectivity index (χ2n) is 5.54. The van der Waals surface area contributed by atoms with Gasteiger partial charge in [-0.2, -0.15) is 0 Å². The molecule has 3 aromatic rings. The number of rotatable bonds is 3. The summed E-state index contributed by atoms with van der Waals surface area (Å²) in [6.45, 7) is 3.86. The number of fused-ring (bicyclic) bond motifs is 1. The molecule has 0 aliphatic heterocycles. The fraction of sp³-hybridized carbons (Fsp3) is 0.167. The number of carbonyl (C=O) groups excluding carboxylic acids is 1. The molecule has 2 aromatic carbocycles. The number of carbonyl (C=O) groups is 1. The quantitative estimate of drug-likeness (QED) is 0.809. The van der Waals surface area contributed by atoms with Crippen LogP contribution >= 0.6 is 0 Å². The molecule has 5 nitrogen and oxygen atoms in total. The Balaban J connectivity index is 1.90. The van der Waals surface area contributed by atoms with E-state index in [0.29, 0.717) is 11.0 Å². The first-order valence-corrected chi connectivity index (χ1v) is 7.36. The van der Waals surface area contributed by atoms with Gasteiger partial charge in [0.2, 0.25) is 5.91 Å². The molecule has 1 amide bonds. The van der Waals surface area contributed by atoms with Crippen LogP contribution in [0.3, 0.4) is 0 Å². The van der Waals surface area contributed by atoms with Crippen molar-refractivity contribution in [3.8, 4) is 0 Å². The minimum absolute atomic E-state index is 0.0464. The van der Waals surface area contributed by atoms with E-state index in [0.717, 1.165) is 16.8 Å². The number of aryl methyl sites for hydroxylation is 2. The molecule has 0 saturated heterocycles. The Morgan fingerprint density at radius 2 is 1.96 bits per heavy atom. The minimum Gasteiger partial charge on any atom is -0.324 e. The normalized spacial score (nSPS) is 10.7. The Morgan fingerprint density at radius 1 is 1.17 bits per heavy atom. The third-order valence-corrected chi connectivity index (χ3v) is 3.72. The van der Waals surface area contributed by atoms with Gasteiger partial charge in [0.25, 0.3) is 5.56 Å². The highest BCUT2D eigenvalue weighted by Crippen LogP contribution is 2.16. The third-order valence-electron chi connectivity index (χ3n) is 3.72. The summed E-state index contributed by atoms with van der Waals surface area (Å²) in [5, 5.41) is 2.87. The summed E-state index contributed by atoms with van der Waals surface area (Å²) in [5.74, 6) is -0.239. The molecular weight excluding hydrogens is 290 g/mol. The Bertz CT molecular complexity index is 944. The zero-order valence-corrected chi connectivity index (χ0v) is 13.0. The number of para-hydroxylation sites is 2. The average Bonchev–Trinajstić information content (AvgIpc) is 2.54. The van der Waals surface area contributed by atoms with Crippen LogP contribution in [0.4, 0.5) is 5.69 Å². The molecule has 1 heterocycles. The zero-order chi connectivity index (χ0) is 16.4. The van der Waals surface area contributed by atoms with Crippen molar-refractivity contribution in [3.63, 3.8) is 0 Å². The summed E-state index contributed by atoms with van der Waals surface area (Å²) in [5.41, 5.74) is 3.86. The van der Waals surface area contributed by atoms with Gasteiger partial charge >= 0.3 is 0 Å². The molecule has 0 spiro atoms. The summed E-state index contributed by atoms with van der Waals surface area (Å²) in [4.78, 5) is 28.5. The van der Waals surface area contributed by atoms with Gasteiger partial charge in [0, 0.05) is 5.69 Å². The predicted octanol–water partition coefficient (Wildman–Crippen LogP) is 2.65. The van der Waals surface area contributed by atoms with Gasteiger partial charge in [-0.1, -0.05) is 24.3 Å². The minimum atomic E-state index is -0.292. The topological polar surface area (TPSA) is 64.0 Å². The SMILES string of the molecule is Cc1ccc(C)c(NC(=O)Cn2c(=O)cnc3ccccc32)c1. The van der Waals surface area contributed by atoms with E-state index in [-0.39, 0.29) is 18.0 Å². The maximum atomic E-state index is 12.4. The molecular formula is C18H17N3O2. The van der Waals surface area contributed by atoms with Crippen LogP contribution in [0, 0.1) is 13.8 Å². The molecule has 0 bridgehead atoms. The maximum absolute atomic E-state index is 12.4. The highest BCUT2D eigenvalue weighted by Gasteiger charge is 2.10. The van der Waals surface area contributed by atoms with Crippen LogP contribution in [0.5, 0.6) is 0 Å². The molecule has 0 unspecified atom stereocenters. The second-order valence-corrected chi connectivity index (χ2v) is 5.54. The Kier molecular flexibility index (Phi) is 3.93. The summed E-state index contributed by atoms with van der Waals surface area (Å²) in [6, 6.07) is 13.1. The Morgan fingerprint density at radius 3 is 2.78 bits per heavy atom. The zero-order valence-electron chi connectivity index (χ0n) is 13.0. The number of amides is 1. The van der Waals surface area contributed by atoms with E-state index >= 15 is 0 Å². The number of anilines is 1. The van der Waals surface area contributed by atoms with Crippen LogP contribution in [0.15, 0.2) is 53.5 Å². The van der Waals surface area contributed by atoms with E-state index in [2.05, 4.69) is 10.3 Å². The van der Waals surface area contributed by atoms with Crippen molar-refractivity contribution in [2.45, 2.75) is 20.4 Å². The van der Waals surface area contributed by atoms with E-state index in [9.17, 15) is 9.59 Å². The van der Waals surface area contributed by atoms with E-state index in [1.807, 2.05) is 50.2 Å². The number of hydrogen-bond donors (Lipinski definition) is 1. The maximum Gasteiger partial charge on any atom is 0.269 e. The van der Waals surface area contributed by atoms with Gasteiger partial charge in [0.05, 0.1) is 17.2 Å². The molecule has 1 N–H and O–H groups in total. The predicted molar refractivity (Wildman–Crippen MR) is 90.5 cm³/mol. The van der Waals surface area contributed by atoms with E-state index in [1.54, 1.807) is 6.07 Å². The molecule has 116 valence electrons. The van der Waals surface area contributed by atoms with Crippen LogP contribution in [0.2, 0.25) is 0 Å². The summed E-state index contributed by atoms with van der Waals surface area (Å²) < 4.78 is 1.43. The van der Waals surface area contributed by atoms with Crippen molar-refractivity contribution < 1.29 is 4.79 Å². The highest BCUT2D eigenvalue weighted by molar-refractivity contribution is 5.92. The third kappa shape index (κ3) is 3.13. The van der Waals surface area contributed by atoms with Gasteiger partial charge in [-0.25, -0.2) is 4.98 Å². The van der Waals surface area contributed by atoms with Gasteiger partial charge in [0.1, 0.15) is 6.54 Å². The lowest BCUT2D eigenvalue weighted by Crippen LogP contribution is -2.28. The molecule has 1 aromatic heterocycles. The fourth-order valence-electron chi connectivity index (χ4n) is 2.48. The molecule has 0 atom stereocenters. The number of nitrogens with one attached hydrogen (secondary N) is 1. The van der Waals surface area contributed by atoms with Crippen LogP contribution < -0.4 is 10.9 Å². The van der Waals surface area contributed by atoms with Gasteiger partial charge in [-0.05, 0) is 43.2 Å².